The molecule has 0 saturated heterocycles. The Morgan fingerprint density at radius 3 is 2.54 bits per heavy atom. The fraction of sp³-hybridized carbons (Fsp3) is 0.185. The lowest BCUT2D eigenvalue weighted by Crippen LogP contribution is -2.26. The molecule has 3 aromatic carbocycles. The molecule has 0 atom stereocenters. The van der Waals surface area contributed by atoms with Crippen LogP contribution in [-0.2, 0) is 20.0 Å². The minimum atomic E-state index is -3.77. The number of fused-ring (bicyclic) bond motifs is 1. The van der Waals surface area contributed by atoms with Crippen molar-refractivity contribution in [1.29, 1.82) is 5.41 Å². The third-order valence-electron chi connectivity index (χ3n) is 6.11. The molecule has 4 aromatic rings. The fourth-order valence-electron chi connectivity index (χ4n) is 4.24. The molecule has 2 heterocycles. The van der Waals surface area contributed by atoms with Crippen molar-refractivity contribution in [3.8, 4) is 22.6 Å². The van der Waals surface area contributed by atoms with Gasteiger partial charge in [-0.2, -0.15) is 0 Å². The zero-order valence-corrected chi connectivity index (χ0v) is 21.1. The number of ether oxygens (including phenoxy) is 2. The minimum Gasteiger partial charge on any atom is -0.395 e. The molecule has 6 nitrogen and oxygen atoms in total. The lowest BCUT2D eigenvalue weighted by atomic mass is 9.95. The molecule has 0 spiro atoms. The summed E-state index contributed by atoms with van der Waals surface area (Å²) in [5.74, 6) is -0.299. The topological polar surface area (TPSA) is 69.2 Å². The molecule has 190 valence electrons. The summed E-state index contributed by atoms with van der Waals surface area (Å²) in [6, 6.07) is 15.1. The van der Waals surface area contributed by atoms with Crippen LogP contribution in [0.25, 0.3) is 11.1 Å². The van der Waals surface area contributed by atoms with Crippen molar-refractivity contribution in [2.75, 3.05) is 0 Å². The fourth-order valence-corrected chi connectivity index (χ4v) is 4.56. The Balaban J connectivity index is 1.51. The van der Waals surface area contributed by atoms with Crippen LogP contribution >= 0.6 is 23.2 Å². The maximum Gasteiger partial charge on any atom is 0.586 e. The number of nitrogens with one attached hydrogen (secondary N) is 1. The molecule has 0 aliphatic carbocycles. The molecule has 1 aliphatic rings. The second-order valence-electron chi connectivity index (χ2n) is 8.75. The highest BCUT2D eigenvalue weighted by Gasteiger charge is 2.44. The summed E-state index contributed by atoms with van der Waals surface area (Å²) in [6.07, 6.45) is 0.400. The van der Waals surface area contributed by atoms with Crippen LogP contribution in [0.1, 0.15) is 27.9 Å². The number of aromatic nitrogens is 2. The molecule has 37 heavy (non-hydrogen) atoms. The van der Waals surface area contributed by atoms with E-state index in [9.17, 15) is 13.6 Å². The normalized spacial score (nSPS) is 13.6. The largest absolute Gasteiger partial charge is 0.586 e. The van der Waals surface area contributed by atoms with Crippen LogP contribution in [-0.4, -0.2) is 21.2 Å². The van der Waals surface area contributed by atoms with E-state index in [0.29, 0.717) is 39.7 Å². The van der Waals surface area contributed by atoms with Gasteiger partial charge in [0.25, 0.3) is 0 Å². The summed E-state index contributed by atoms with van der Waals surface area (Å²) in [4.78, 5) is 13.3. The van der Waals surface area contributed by atoms with Crippen LogP contribution in [0.3, 0.4) is 0 Å². The summed E-state index contributed by atoms with van der Waals surface area (Å²) in [7, 11) is 1.76. The maximum absolute atomic E-state index is 13.8. The average molecular weight is 544 g/mol. The number of ketones is 1. The first-order valence-electron chi connectivity index (χ1n) is 11.4. The highest BCUT2D eigenvalue weighted by atomic mass is 35.5. The molecule has 1 aromatic heterocycles. The number of rotatable bonds is 7. The van der Waals surface area contributed by atoms with Crippen molar-refractivity contribution in [3.63, 3.8) is 0 Å². The quantitative estimate of drug-likeness (QED) is 0.272. The number of aryl methyl sites for hydroxylation is 2. The zero-order valence-electron chi connectivity index (χ0n) is 19.6. The van der Waals surface area contributed by atoms with Gasteiger partial charge >= 0.3 is 6.29 Å². The molecular weight excluding hydrogens is 523 g/mol. The van der Waals surface area contributed by atoms with E-state index in [-0.39, 0.29) is 29.3 Å². The SMILES string of the molecule is Cn1ccn(Cc2cc(C(=O)CCc3ccc(Cl)c(Cl)c3)cc(-c3cccc4c3OC(F)(F)O4)c2)c1=N. The van der Waals surface area contributed by atoms with Crippen molar-refractivity contribution in [3.05, 3.63) is 99.3 Å². The Morgan fingerprint density at radius 1 is 1.00 bits per heavy atom. The van der Waals surface area contributed by atoms with Crippen LogP contribution < -0.4 is 15.1 Å². The molecule has 0 radical (unpaired) electrons. The van der Waals surface area contributed by atoms with Gasteiger partial charge in [0.05, 0.1) is 16.6 Å². The Hall–Kier alpha value is -3.62. The molecule has 0 unspecified atom stereocenters. The molecule has 1 N–H and O–H groups in total. The van der Waals surface area contributed by atoms with Crippen molar-refractivity contribution in [2.24, 2.45) is 7.05 Å². The number of hydrogen-bond acceptors (Lipinski definition) is 4. The van der Waals surface area contributed by atoms with Crippen LogP contribution in [0.2, 0.25) is 10.0 Å². The second-order valence-corrected chi connectivity index (χ2v) is 9.57. The summed E-state index contributed by atoms with van der Waals surface area (Å²) < 4.78 is 40.4. The highest BCUT2D eigenvalue weighted by molar-refractivity contribution is 6.42. The second kappa shape index (κ2) is 9.68. The summed E-state index contributed by atoms with van der Waals surface area (Å²) in [5, 5.41) is 9.09. The van der Waals surface area contributed by atoms with E-state index >= 15 is 0 Å². The lowest BCUT2D eigenvalue weighted by molar-refractivity contribution is -0.286. The van der Waals surface area contributed by atoms with E-state index in [1.807, 2.05) is 6.07 Å². The van der Waals surface area contributed by atoms with Gasteiger partial charge in [0.2, 0.25) is 5.62 Å². The van der Waals surface area contributed by atoms with Gasteiger partial charge in [-0.1, -0.05) is 41.4 Å². The molecule has 5 rings (SSSR count). The number of para-hydroxylation sites is 1. The molecular formula is C27H21Cl2F2N3O3. The number of alkyl halides is 2. The number of hydrogen-bond donors (Lipinski definition) is 1. The highest BCUT2D eigenvalue weighted by Crippen LogP contribution is 2.47. The molecule has 0 amide bonds. The Labute approximate surface area is 221 Å². The van der Waals surface area contributed by atoms with Crippen molar-refractivity contribution in [2.45, 2.75) is 25.7 Å². The van der Waals surface area contributed by atoms with E-state index in [1.165, 1.54) is 6.07 Å². The van der Waals surface area contributed by atoms with E-state index in [1.54, 1.807) is 71.0 Å². The summed E-state index contributed by atoms with van der Waals surface area (Å²) >= 11 is 12.1. The molecule has 1 aliphatic heterocycles. The van der Waals surface area contributed by atoms with E-state index in [4.69, 9.17) is 33.3 Å². The first-order chi connectivity index (χ1) is 17.6. The van der Waals surface area contributed by atoms with E-state index in [0.717, 1.165) is 11.1 Å². The minimum absolute atomic E-state index is 0.0775. The number of carbonyl (C=O) groups is 1. The van der Waals surface area contributed by atoms with Gasteiger partial charge < -0.3 is 18.6 Å². The van der Waals surface area contributed by atoms with Gasteiger partial charge in [0.1, 0.15) is 0 Å². The van der Waals surface area contributed by atoms with Crippen LogP contribution in [0.4, 0.5) is 8.78 Å². The summed E-state index contributed by atoms with van der Waals surface area (Å²) in [5.41, 5.74) is 3.18. The van der Waals surface area contributed by atoms with Gasteiger partial charge in [-0.05, 0) is 59.5 Å². The van der Waals surface area contributed by atoms with Crippen LogP contribution in [0.15, 0.2) is 67.0 Å². The smallest absolute Gasteiger partial charge is 0.395 e. The molecule has 0 bridgehead atoms. The number of Topliss-reactive ketones (excluding diaryl/α,β-unsaturated/α-hetero) is 1. The number of carbonyl (C=O) groups excluding carboxylic acids is 1. The third kappa shape index (κ3) is 5.26. The Morgan fingerprint density at radius 2 is 1.81 bits per heavy atom. The standard InChI is InChI=1S/C27H21Cl2F2N3O3/c1-33-9-10-34(26(33)32)15-17-11-18(20-3-2-4-24-25(20)37-27(30,31)36-24)14-19(12-17)23(35)8-6-16-5-7-21(28)22(29)13-16/h2-5,7,9-14,32H,6,8,15H2,1H3. The van der Waals surface area contributed by atoms with Gasteiger partial charge in [0, 0.05) is 37.0 Å². The first-order valence-corrected chi connectivity index (χ1v) is 12.1. The van der Waals surface area contributed by atoms with Gasteiger partial charge in [-0.25, -0.2) is 0 Å². The van der Waals surface area contributed by atoms with Crippen LogP contribution in [0, 0.1) is 5.41 Å². The van der Waals surface area contributed by atoms with Crippen molar-refractivity contribution < 1.29 is 23.0 Å². The van der Waals surface area contributed by atoms with Gasteiger partial charge in [-0.15, -0.1) is 8.78 Å². The van der Waals surface area contributed by atoms with Crippen molar-refractivity contribution in [1.82, 2.24) is 9.13 Å². The Bertz CT molecular complexity index is 1580. The van der Waals surface area contributed by atoms with Crippen molar-refractivity contribution >= 4 is 29.0 Å². The summed E-state index contributed by atoms with van der Waals surface area (Å²) in [6.45, 7) is 0.309. The predicted octanol–water partition coefficient (Wildman–Crippen LogP) is 6.47. The zero-order chi connectivity index (χ0) is 26.3. The monoisotopic (exact) mass is 543 g/mol. The molecule has 0 saturated carbocycles. The van der Waals surface area contributed by atoms with Gasteiger partial charge in [0.15, 0.2) is 17.3 Å². The van der Waals surface area contributed by atoms with E-state index < -0.39 is 6.29 Å². The van der Waals surface area contributed by atoms with Gasteiger partial charge in [-0.3, -0.25) is 10.2 Å². The van der Waals surface area contributed by atoms with Crippen LogP contribution in [0.5, 0.6) is 11.5 Å². The lowest BCUT2D eigenvalue weighted by Gasteiger charge is -2.13. The number of nitrogens with zero attached hydrogens (tertiary/aromatic N) is 2. The number of imidazole rings is 1. The Kier molecular flexibility index (Phi) is 6.56. The third-order valence-corrected chi connectivity index (χ3v) is 6.85. The molecule has 10 heteroatoms. The average Bonchev–Trinajstić information content (AvgIpc) is 3.35. The maximum atomic E-state index is 13.8. The first kappa shape index (κ1) is 25.0. The number of halogens is 4. The van der Waals surface area contributed by atoms with E-state index in [2.05, 4.69) is 4.74 Å². The predicted molar refractivity (Wildman–Crippen MR) is 136 cm³/mol. The molecule has 0 fully saturated rings. The number of benzene rings is 3.